The minimum Gasteiger partial charge on any atom is -0.494 e. The Kier molecular flexibility index (Phi) is 7.35. The van der Waals surface area contributed by atoms with E-state index in [0.717, 1.165) is 38.0 Å². The zero-order chi connectivity index (χ0) is 28.7. The summed E-state index contributed by atoms with van der Waals surface area (Å²) in [7, 11) is 5.03. The van der Waals surface area contributed by atoms with Gasteiger partial charge in [-0.25, -0.2) is 9.37 Å². The first-order chi connectivity index (χ1) is 19.8. The first kappa shape index (κ1) is 27.5. The van der Waals surface area contributed by atoms with Crippen LogP contribution in [0.3, 0.4) is 0 Å². The number of nitrogens with zero attached hydrogens (tertiary/aromatic N) is 5. The molecule has 3 aromatic rings. The van der Waals surface area contributed by atoms with Crippen LogP contribution in [-0.2, 0) is 10.3 Å². The number of ether oxygens (including phenoxy) is 3. The van der Waals surface area contributed by atoms with E-state index in [-0.39, 0.29) is 34.1 Å². The van der Waals surface area contributed by atoms with Gasteiger partial charge in [-0.1, -0.05) is 23.7 Å². The van der Waals surface area contributed by atoms with Crippen LogP contribution in [0.4, 0.5) is 21.7 Å². The number of fused-ring (bicyclic) bond motifs is 2. The van der Waals surface area contributed by atoms with Crippen LogP contribution in [-0.4, -0.2) is 86.3 Å². The van der Waals surface area contributed by atoms with E-state index >= 15 is 4.39 Å². The number of anilines is 3. The van der Waals surface area contributed by atoms with Crippen molar-refractivity contribution in [3.63, 3.8) is 0 Å². The Hall–Kier alpha value is -3.67. The number of amides is 1. The number of hydrogen-bond donors (Lipinski definition) is 1. The molecule has 6 rings (SSSR count). The lowest BCUT2D eigenvalue weighted by Crippen LogP contribution is -2.47. The normalized spacial score (nSPS) is 17.6. The number of aromatic nitrogens is 2. The average Bonchev–Trinajstić information content (AvgIpc) is 3.76. The third kappa shape index (κ3) is 5.02. The second-order valence-electron chi connectivity index (χ2n) is 10.5. The van der Waals surface area contributed by atoms with E-state index in [1.165, 1.54) is 19.4 Å². The standard InChI is InChI=1S/C29H32ClFN6O4/c1-35-27(38)25-18(29(35)7-8-29)5-4-6-23(25)41-26-19(30)17-32-28(34-26)33-21-15-20(31)22(16-24(21)40-3)37-11-9-36(10-12-37)13-14-39-2/h4-6,15-17H,7-14H2,1-3H3,(H,32,33,34). The minimum atomic E-state index is -0.388. The van der Waals surface area contributed by atoms with E-state index in [9.17, 15) is 4.79 Å². The molecule has 2 aromatic carbocycles. The zero-order valence-electron chi connectivity index (χ0n) is 23.2. The SMILES string of the molecule is COCCN1CCN(c2cc(OC)c(Nc3ncc(Cl)c(Oc4cccc5c4C(=O)N(C)C54CC4)n3)cc2F)CC1. The molecular weight excluding hydrogens is 551 g/mol. The lowest BCUT2D eigenvalue weighted by atomic mass is 10.0. The molecule has 1 aromatic heterocycles. The molecule has 1 spiro atoms. The van der Waals surface area contributed by atoms with Crippen molar-refractivity contribution in [1.29, 1.82) is 0 Å². The molecule has 0 unspecified atom stereocenters. The Balaban J connectivity index is 1.21. The molecule has 12 heteroatoms. The van der Waals surface area contributed by atoms with Crippen molar-refractivity contribution in [2.45, 2.75) is 18.4 Å². The smallest absolute Gasteiger partial charge is 0.258 e. The van der Waals surface area contributed by atoms with Gasteiger partial charge in [0.05, 0.1) is 42.4 Å². The minimum absolute atomic E-state index is 0.0761. The van der Waals surface area contributed by atoms with Gasteiger partial charge in [0.1, 0.15) is 22.3 Å². The predicted molar refractivity (Wildman–Crippen MR) is 153 cm³/mol. The Labute approximate surface area is 243 Å². The maximum atomic E-state index is 15.4. The number of carbonyl (C=O) groups excluding carboxylic acids is 1. The van der Waals surface area contributed by atoms with Crippen LogP contribution >= 0.6 is 11.6 Å². The molecular formula is C29H32ClFN6O4. The molecule has 10 nitrogen and oxygen atoms in total. The lowest BCUT2D eigenvalue weighted by Gasteiger charge is -2.36. The Morgan fingerprint density at radius 2 is 1.90 bits per heavy atom. The molecule has 1 saturated carbocycles. The Morgan fingerprint density at radius 1 is 1.12 bits per heavy atom. The van der Waals surface area contributed by atoms with Crippen molar-refractivity contribution in [2.24, 2.45) is 0 Å². The van der Waals surface area contributed by atoms with Gasteiger partial charge in [0, 0.05) is 59.0 Å². The van der Waals surface area contributed by atoms with Crippen LogP contribution in [0.25, 0.3) is 0 Å². The maximum absolute atomic E-state index is 15.4. The molecule has 0 radical (unpaired) electrons. The molecule has 1 amide bonds. The monoisotopic (exact) mass is 582 g/mol. The van der Waals surface area contributed by atoms with Crippen molar-refractivity contribution in [3.05, 3.63) is 58.5 Å². The summed E-state index contributed by atoms with van der Waals surface area (Å²) in [5.74, 6) is 0.552. The summed E-state index contributed by atoms with van der Waals surface area (Å²) in [5.41, 5.74) is 2.08. The molecule has 2 aliphatic heterocycles. The molecule has 1 saturated heterocycles. The van der Waals surface area contributed by atoms with Gasteiger partial charge in [0.15, 0.2) is 0 Å². The van der Waals surface area contributed by atoms with Crippen LogP contribution in [0, 0.1) is 5.82 Å². The second kappa shape index (κ2) is 11.0. The van der Waals surface area contributed by atoms with Crippen LogP contribution in [0.2, 0.25) is 5.02 Å². The molecule has 41 heavy (non-hydrogen) atoms. The van der Waals surface area contributed by atoms with Crippen molar-refractivity contribution in [1.82, 2.24) is 19.8 Å². The van der Waals surface area contributed by atoms with Gasteiger partial charge >= 0.3 is 0 Å². The fourth-order valence-corrected chi connectivity index (χ4v) is 5.81. The van der Waals surface area contributed by atoms with Crippen LogP contribution in [0.5, 0.6) is 17.4 Å². The molecule has 0 atom stereocenters. The van der Waals surface area contributed by atoms with Gasteiger partial charge in [-0.2, -0.15) is 4.98 Å². The fourth-order valence-electron chi connectivity index (χ4n) is 5.68. The molecule has 0 bridgehead atoms. The largest absolute Gasteiger partial charge is 0.494 e. The molecule has 216 valence electrons. The van der Waals surface area contributed by atoms with E-state index in [1.807, 2.05) is 24.1 Å². The number of piperazine rings is 1. The van der Waals surface area contributed by atoms with Crippen molar-refractivity contribution >= 4 is 34.8 Å². The van der Waals surface area contributed by atoms with Crippen molar-refractivity contribution < 1.29 is 23.4 Å². The van der Waals surface area contributed by atoms with E-state index in [2.05, 4.69) is 20.2 Å². The highest BCUT2D eigenvalue weighted by atomic mass is 35.5. The molecule has 1 N–H and O–H groups in total. The third-order valence-electron chi connectivity index (χ3n) is 8.17. The number of nitrogens with one attached hydrogen (secondary N) is 1. The van der Waals surface area contributed by atoms with Gasteiger partial charge in [-0.15, -0.1) is 0 Å². The van der Waals surface area contributed by atoms with E-state index in [4.69, 9.17) is 25.8 Å². The van der Waals surface area contributed by atoms with E-state index in [0.29, 0.717) is 48.1 Å². The highest BCUT2D eigenvalue weighted by Crippen LogP contribution is 2.57. The highest BCUT2D eigenvalue weighted by molar-refractivity contribution is 6.31. The Morgan fingerprint density at radius 3 is 2.61 bits per heavy atom. The van der Waals surface area contributed by atoms with Crippen molar-refractivity contribution in [2.75, 3.05) is 70.8 Å². The third-order valence-corrected chi connectivity index (χ3v) is 8.43. The highest BCUT2D eigenvalue weighted by Gasteiger charge is 2.57. The summed E-state index contributed by atoms with van der Waals surface area (Å²) in [6.45, 7) is 4.55. The van der Waals surface area contributed by atoms with E-state index in [1.54, 1.807) is 24.1 Å². The summed E-state index contributed by atoms with van der Waals surface area (Å²) in [6.07, 6.45) is 3.25. The quantitative estimate of drug-likeness (QED) is 0.387. The molecule has 3 heterocycles. The van der Waals surface area contributed by atoms with Crippen LogP contribution in [0.1, 0.15) is 28.8 Å². The summed E-state index contributed by atoms with van der Waals surface area (Å²) in [4.78, 5) is 27.8. The fraction of sp³-hybridized carbons (Fsp3) is 0.414. The molecule has 3 aliphatic rings. The zero-order valence-corrected chi connectivity index (χ0v) is 24.0. The number of rotatable bonds is 9. The number of carbonyl (C=O) groups is 1. The predicted octanol–water partition coefficient (Wildman–Crippen LogP) is 4.66. The summed E-state index contributed by atoms with van der Waals surface area (Å²) in [5, 5.41) is 3.20. The van der Waals surface area contributed by atoms with Gasteiger partial charge in [0.25, 0.3) is 5.91 Å². The first-order valence-corrected chi connectivity index (χ1v) is 14.0. The number of methoxy groups -OCH3 is 2. The second-order valence-corrected chi connectivity index (χ2v) is 10.9. The topological polar surface area (TPSA) is 92.3 Å². The van der Waals surface area contributed by atoms with Gasteiger partial charge in [0.2, 0.25) is 11.8 Å². The molecule has 2 fully saturated rings. The summed E-state index contributed by atoms with van der Waals surface area (Å²) in [6, 6.07) is 8.61. The van der Waals surface area contributed by atoms with Gasteiger partial charge in [-0.3, -0.25) is 9.69 Å². The lowest BCUT2D eigenvalue weighted by molar-refractivity contribution is 0.0753. The summed E-state index contributed by atoms with van der Waals surface area (Å²) >= 11 is 6.39. The summed E-state index contributed by atoms with van der Waals surface area (Å²) < 4.78 is 32.2. The van der Waals surface area contributed by atoms with Gasteiger partial charge < -0.3 is 29.3 Å². The van der Waals surface area contributed by atoms with Crippen LogP contribution < -0.4 is 19.7 Å². The number of halogens is 2. The average molecular weight is 583 g/mol. The molecule has 1 aliphatic carbocycles. The van der Waals surface area contributed by atoms with E-state index < -0.39 is 0 Å². The first-order valence-electron chi connectivity index (χ1n) is 13.6. The maximum Gasteiger partial charge on any atom is 0.258 e. The van der Waals surface area contributed by atoms with Crippen molar-refractivity contribution in [3.8, 4) is 17.4 Å². The van der Waals surface area contributed by atoms with Crippen LogP contribution in [0.15, 0.2) is 36.5 Å². The number of benzene rings is 2. The Bertz CT molecular complexity index is 1480. The number of hydrogen-bond acceptors (Lipinski definition) is 9. The van der Waals surface area contributed by atoms with Gasteiger partial charge in [-0.05, 0) is 24.5 Å².